The second kappa shape index (κ2) is 15.5. The number of aryl methyl sites for hydroxylation is 1. The van der Waals surface area contributed by atoms with Gasteiger partial charge >= 0.3 is 0 Å². The van der Waals surface area contributed by atoms with Crippen LogP contribution < -0.4 is 14.8 Å². The number of carbonyl (C=O) groups excluding carboxylic acids is 2. The molecular weight excluding hydrogens is 536 g/mol. The van der Waals surface area contributed by atoms with Crippen LogP contribution in [0.15, 0.2) is 72.8 Å². The van der Waals surface area contributed by atoms with E-state index in [1.54, 1.807) is 4.90 Å². The van der Waals surface area contributed by atoms with E-state index in [4.69, 9.17) is 21.1 Å². The van der Waals surface area contributed by atoms with E-state index in [0.29, 0.717) is 49.1 Å². The van der Waals surface area contributed by atoms with E-state index in [9.17, 15) is 9.59 Å². The van der Waals surface area contributed by atoms with Crippen LogP contribution in [0.25, 0.3) is 0 Å². The van der Waals surface area contributed by atoms with Gasteiger partial charge in [-0.05, 0) is 74.1 Å². The fourth-order valence-electron chi connectivity index (χ4n) is 5.35. The first kappa shape index (κ1) is 30.4. The standard InChI is InChI=1S/C34H41ClN2O4/c1-3-40-31-20-16-26(23-32(31)41-4-2)17-21-33(38)37(24-27-14-18-28(35)19-15-27)30(22-25-10-6-5-7-11-25)34(39)36-29-12-8-9-13-29/h5-7,10-11,14-16,18-20,23,29-30H,3-4,8-9,12-13,17,21-22,24H2,1-2H3,(H,36,39)/t30-/m1/s1. The highest BCUT2D eigenvalue weighted by molar-refractivity contribution is 6.30. The highest BCUT2D eigenvalue weighted by atomic mass is 35.5. The first-order chi connectivity index (χ1) is 20.0. The van der Waals surface area contributed by atoms with Gasteiger partial charge in [-0.3, -0.25) is 9.59 Å². The number of nitrogens with zero attached hydrogens (tertiary/aromatic N) is 1. The molecule has 0 aliphatic heterocycles. The predicted octanol–water partition coefficient (Wildman–Crippen LogP) is 6.77. The molecule has 3 aromatic carbocycles. The van der Waals surface area contributed by atoms with Gasteiger partial charge in [-0.15, -0.1) is 0 Å². The van der Waals surface area contributed by atoms with Crippen molar-refractivity contribution in [3.05, 3.63) is 94.5 Å². The Hall–Kier alpha value is -3.51. The number of carbonyl (C=O) groups is 2. The maximum absolute atomic E-state index is 14.0. The van der Waals surface area contributed by atoms with Gasteiger partial charge in [0, 0.05) is 30.5 Å². The summed E-state index contributed by atoms with van der Waals surface area (Å²) in [5.41, 5.74) is 2.92. The van der Waals surface area contributed by atoms with Gasteiger partial charge in [-0.1, -0.05) is 73.0 Å². The van der Waals surface area contributed by atoms with E-state index < -0.39 is 6.04 Å². The molecule has 0 saturated heterocycles. The number of halogens is 1. The largest absolute Gasteiger partial charge is 0.490 e. The van der Waals surface area contributed by atoms with E-state index >= 15 is 0 Å². The number of benzene rings is 3. The molecule has 0 heterocycles. The Morgan fingerprint density at radius 2 is 1.54 bits per heavy atom. The number of rotatable bonds is 14. The molecular formula is C34H41ClN2O4. The second-order valence-corrected chi connectivity index (χ2v) is 10.9. The summed E-state index contributed by atoms with van der Waals surface area (Å²) in [5.74, 6) is 1.20. The van der Waals surface area contributed by atoms with Crippen LogP contribution in [0.5, 0.6) is 11.5 Å². The average molecular weight is 577 g/mol. The van der Waals surface area contributed by atoms with E-state index in [1.165, 1.54) is 0 Å². The Bertz CT molecular complexity index is 1260. The van der Waals surface area contributed by atoms with Crippen LogP contribution in [-0.4, -0.2) is 42.0 Å². The summed E-state index contributed by atoms with van der Waals surface area (Å²) in [6, 6.07) is 22.7. The molecule has 4 rings (SSSR count). The molecule has 1 fully saturated rings. The maximum atomic E-state index is 14.0. The molecule has 7 heteroatoms. The molecule has 2 amide bonds. The third-order valence-corrected chi connectivity index (χ3v) is 7.73. The average Bonchev–Trinajstić information content (AvgIpc) is 3.49. The zero-order chi connectivity index (χ0) is 29.0. The molecule has 1 aliphatic rings. The Labute approximate surface area is 249 Å². The third kappa shape index (κ3) is 8.99. The highest BCUT2D eigenvalue weighted by Gasteiger charge is 2.32. The van der Waals surface area contributed by atoms with Crippen molar-refractivity contribution in [1.29, 1.82) is 0 Å². The lowest BCUT2D eigenvalue weighted by Gasteiger charge is -2.32. The quantitative estimate of drug-likeness (QED) is 0.230. The molecule has 1 aliphatic carbocycles. The van der Waals surface area contributed by atoms with Gasteiger partial charge in [0.05, 0.1) is 13.2 Å². The smallest absolute Gasteiger partial charge is 0.243 e. The maximum Gasteiger partial charge on any atom is 0.243 e. The van der Waals surface area contributed by atoms with Gasteiger partial charge in [0.1, 0.15) is 6.04 Å². The van der Waals surface area contributed by atoms with Crippen molar-refractivity contribution in [1.82, 2.24) is 10.2 Å². The molecule has 0 radical (unpaired) electrons. The highest BCUT2D eigenvalue weighted by Crippen LogP contribution is 2.29. The molecule has 1 saturated carbocycles. The molecule has 0 unspecified atom stereocenters. The fraction of sp³-hybridized carbons (Fsp3) is 0.412. The number of amides is 2. The number of hydrogen-bond donors (Lipinski definition) is 1. The van der Waals surface area contributed by atoms with Crippen LogP contribution in [-0.2, 0) is 29.0 Å². The van der Waals surface area contributed by atoms with Crippen LogP contribution in [0.4, 0.5) is 0 Å². The number of hydrogen-bond acceptors (Lipinski definition) is 4. The summed E-state index contributed by atoms with van der Waals surface area (Å²) in [6.07, 6.45) is 5.42. The Morgan fingerprint density at radius 1 is 0.878 bits per heavy atom. The van der Waals surface area contributed by atoms with Gasteiger partial charge in [0.25, 0.3) is 0 Å². The molecule has 0 bridgehead atoms. The summed E-state index contributed by atoms with van der Waals surface area (Å²) in [6.45, 7) is 5.26. The lowest BCUT2D eigenvalue weighted by Crippen LogP contribution is -2.52. The summed E-state index contributed by atoms with van der Waals surface area (Å²) in [7, 11) is 0. The van der Waals surface area contributed by atoms with Gasteiger partial charge in [0.2, 0.25) is 11.8 Å². The first-order valence-corrected chi connectivity index (χ1v) is 15.1. The minimum absolute atomic E-state index is 0.0747. The van der Waals surface area contributed by atoms with Gasteiger partial charge in [-0.25, -0.2) is 0 Å². The van der Waals surface area contributed by atoms with Crippen LogP contribution in [0.3, 0.4) is 0 Å². The molecule has 3 aromatic rings. The number of nitrogens with one attached hydrogen (secondary N) is 1. The van der Waals surface area contributed by atoms with Crippen LogP contribution in [0, 0.1) is 0 Å². The topological polar surface area (TPSA) is 67.9 Å². The van der Waals surface area contributed by atoms with Crippen molar-refractivity contribution in [2.24, 2.45) is 0 Å². The molecule has 0 aromatic heterocycles. The molecule has 0 spiro atoms. The summed E-state index contributed by atoms with van der Waals surface area (Å²) >= 11 is 6.15. The Morgan fingerprint density at radius 3 is 2.22 bits per heavy atom. The lowest BCUT2D eigenvalue weighted by molar-refractivity contribution is -0.141. The predicted molar refractivity (Wildman–Crippen MR) is 163 cm³/mol. The minimum atomic E-state index is -0.638. The van der Waals surface area contributed by atoms with Crippen LogP contribution >= 0.6 is 11.6 Å². The van der Waals surface area contributed by atoms with Crippen molar-refractivity contribution in [2.75, 3.05) is 13.2 Å². The first-order valence-electron chi connectivity index (χ1n) is 14.7. The summed E-state index contributed by atoms with van der Waals surface area (Å²) < 4.78 is 11.5. The fourth-order valence-corrected chi connectivity index (χ4v) is 5.48. The van der Waals surface area contributed by atoms with E-state index in [2.05, 4.69) is 5.32 Å². The number of ether oxygens (including phenoxy) is 2. The third-order valence-electron chi connectivity index (χ3n) is 7.47. The lowest BCUT2D eigenvalue weighted by atomic mass is 10.0. The van der Waals surface area contributed by atoms with Gasteiger partial charge in [0.15, 0.2) is 11.5 Å². The Balaban J connectivity index is 1.59. The summed E-state index contributed by atoms with van der Waals surface area (Å²) in [5, 5.41) is 3.89. The van der Waals surface area contributed by atoms with Crippen molar-refractivity contribution < 1.29 is 19.1 Å². The summed E-state index contributed by atoms with van der Waals surface area (Å²) in [4.78, 5) is 29.6. The van der Waals surface area contributed by atoms with Crippen molar-refractivity contribution in [2.45, 2.75) is 77.4 Å². The zero-order valence-electron chi connectivity index (χ0n) is 24.1. The van der Waals surface area contributed by atoms with Crippen molar-refractivity contribution in [3.63, 3.8) is 0 Å². The second-order valence-electron chi connectivity index (χ2n) is 10.5. The SMILES string of the molecule is CCOc1ccc(CCC(=O)N(Cc2ccc(Cl)cc2)[C@H](Cc2ccccc2)C(=O)NC2CCCC2)cc1OCC. The Kier molecular flexibility index (Phi) is 11.5. The van der Waals surface area contributed by atoms with E-state index in [-0.39, 0.29) is 24.3 Å². The zero-order valence-corrected chi connectivity index (χ0v) is 24.9. The van der Waals surface area contributed by atoms with Crippen LogP contribution in [0.2, 0.25) is 5.02 Å². The minimum Gasteiger partial charge on any atom is -0.490 e. The molecule has 6 nitrogen and oxygen atoms in total. The van der Waals surface area contributed by atoms with Crippen molar-refractivity contribution in [3.8, 4) is 11.5 Å². The monoisotopic (exact) mass is 576 g/mol. The van der Waals surface area contributed by atoms with E-state index in [1.807, 2.05) is 86.6 Å². The van der Waals surface area contributed by atoms with E-state index in [0.717, 1.165) is 42.4 Å². The van der Waals surface area contributed by atoms with Crippen molar-refractivity contribution >= 4 is 23.4 Å². The van der Waals surface area contributed by atoms with Gasteiger partial charge < -0.3 is 19.7 Å². The molecule has 1 N–H and O–H groups in total. The normalized spacial score (nSPS) is 13.9. The molecule has 1 atom stereocenters. The molecule has 41 heavy (non-hydrogen) atoms. The van der Waals surface area contributed by atoms with Gasteiger partial charge in [-0.2, -0.15) is 0 Å². The molecule has 218 valence electrons. The van der Waals surface area contributed by atoms with Crippen LogP contribution in [0.1, 0.15) is 62.6 Å².